The summed E-state index contributed by atoms with van der Waals surface area (Å²) < 4.78 is 50.5. The molecule has 3 rings (SSSR count). The second-order valence-corrected chi connectivity index (χ2v) is 5.76. The lowest BCUT2D eigenvalue weighted by Crippen LogP contribution is -2.20. The molecule has 0 radical (unpaired) electrons. The fraction of sp³-hybridized carbons (Fsp3) is 0.353. The molecule has 0 unspecified atom stereocenters. The lowest BCUT2D eigenvalue weighted by atomic mass is 10.2. The number of hydrogen-bond acceptors (Lipinski definition) is 6. The van der Waals surface area contributed by atoms with Crippen LogP contribution in [0, 0.1) is 0 Å². The van der Waals surface area contributed by atoms with E-state index in [9.17, 15) is 13.2 Å². The molecule has 10 heteroatoms. The van der Waals surface area contributed by atoms with Gasteiger partial charge in [-0.15, -0.1) is 15.3 Å². The van der Waals surface area contributed by atoms with Crippen LogP contribution in [0.3, 0.4) is 0 Å². The van der Waals surface area contributed by atoms with Crippen LogP contribution in [-0.2, 0) is 12.7 Å². The van der Waals surface area contributed by atoms with Gasteiger partial charge in [-0.1, -0.05) is 6.07 Å². The smallest absolute Gasteiger partial charge is 0.453 e. The number of anilines is 1. The Labute approximate surface area is 153 Å². The highest BCUT2D eigenvalue weighted by Gasteiger charge is 2.37. The Morgan fingerprint density at radius 1 is 1.11 bits per heavy atom. The fourth-order valence-electron chi connectivity index (χ4n) is 2.60. The maximum absolute atomic E-state index is 13.0. The summed E-state index contributed by atoms with van der Waals surface area (Å²) in [5.41, 5.74) is 0.918. The van der Waals surface area contributed by atoms with Gasteiger partial charge >= 0.3 is 6.18 Å². The number of nitrogens with zero attached hydrogens (tertiary/aromatic N) is 5. The molecular weight excluding hydrogens is 363 g/mol. The van der Waals surface area contributed by atoms with Crippen molar-refractivity contribution in [2.24, 2.45) is 0 Å². The summed E-state index contributed by atoms with van der Waals surface area (Å²) in [6.07, 6.45) is -4.63. The quantitative estimate of drug-likeness (QED) is 0.654. The van der Waals surface area contributed by atoms with Crippen LogP contribution in [0.2, 0.25) is 0 Å². The molecule has 2 aromatic heterocycles. The van der Waals surface area contributed by atoms with E-state index in [2.05, 4.69) is 15.3 Å². The van der Waals surface area contributed by atoms with Crippen LogP contribution in [0.15, 0.2) is 30.3 Å². The minimum absolute atomic E-state index is 0.0298. The average molecular weight is 381 g/mol. The van der Waals surface area contributed by atoms with E-state index in [0.29, 0.717) is 35.0 Å². The van der Waals surface area contributed by atoms with E-state index in [4.69, 9.17) is 9.47 Å². The van der Waals surface area contributed by atoms with Gasteiger partial charge in [0.1, 0.15) is 5.82 Å². The van der Waals surface area contributed by atoms with Gasteiger partial charge in [-0.05, 0) is 36.8 Å². The molecule has 144 valence electrons. The molecule has 0 saturated heterocycles. The van der Waals surface area contributed by atoms with Gasteiger partial charge in [0, 0.05) is 13.6 Å². The van der Waals surface area contributed by atoms with Crippen LogP contribution in [0.1, 0.15) is 18.3 Å². The van der Waals surface area contributed by atoms with Crippen LogP contribution in [-0.4, -0.2) is 40.6 Å². The first-order chi connectivity index (χ1) is 12.8. The molecule has 0 aliphatic carbocycles. The molecule has 0 bridgehead atoms. The number of ether oxygens (including phenoxy) is 2. The van der Waals surface area contributed by atoms with E-state index >= 15 is 0 Å². The minimum Gasteiger partial charge on any atom is -0.493 e. The zero-order valence-corrected chi connectivity index (χ0v) is 15.0. The predicted molar refractivity (Wildman–Crippen MR) is 92.1 cm³/mol. The first kappa shape index (κ1) is 18.7. The van der Waals surface area contributed by atoms with Gasteiger partial charge in [-0.2, -0.15) is 17.7 Å². The van der Waals surface area contributed by atoms with E-state index in [-0.39, 0.29) is 5.65 Å². The van der Waals surface area contributed by atoms with Gasteiger partial charge in [0.15, 0.2) is 17.1 Å². The molecule has 0 aliphatic heterocycles. The molecule has 0 aliphatic rings. The third-order valence-corrected chi connectivity index (χ3v) is 3.84. The fourth-order valence-corrected chi connectivity index (χ4v) is 2.60. The van der Waals surface area contributed by atoms with Crippen LogP contribution >= 0.6 is 0 Å². The van der Waals surface area contributed by atoms with Gasteiger partial charge in [0.25, 0.3) is 5.82 Å². The van der Waals surface area contributed by atoms with Crippen molar-refractivity contribution in [3.63, 3.8) is 0 Å². The predicted octanol–water partition coefficient (Wildman–Crippen LogP) is 3.19. The number of alkyl halides is 3. The third kappa shape index (κ3) is 3.88. The number of halogens is 3. The van der Waals surface area contributed by atoms with Crippen molar-refractivity contribution in [2.75, 3.05) is 25.7 Å². The highest BCUT2D eigenvalue weighted by molar-refractivity contribution is 5.48. The SMILES string of the molecule is CCOc1ccc(CN(C)c2ccc3nnc(C(F)(F)F)n3n2)cc1OC. The first-order valence-corrected chi connectivity index (χ1v) is 8.14. The lowest BCUT2D eigenvalue weighted by Gasteiger charge is -2.19. The molecule has 0 saturated carbocycles. The Balaban J connectivity index is 1.87. The minimum atomic E-state index is -4.63. The highest BCUT2D eigenvalue weighted by Crippen LogP contribution is 2.30. The molecule has 3 aromatic rings. The standard InChI is InChI=1S/C17H18F3N5O2/c1-4-27-12-6-5-11(9-13(12)26-3)10-24(2)15-8-7-14-21-22-16(17(18,19)20)25(14)23-15/h5-9H,4,10H2,1-3H3. The maximum atomic E-state index is 13.0. The summed E-state index contributed by atoms with van der Waals surface area (Å²) in [7, 11) is 3.28. The van der Waals surface area contributed by atoms with Crippen molar-refractivity contribution < 1.29 is 22.6 Å². The molecule has 7 nitrogen and oxygen atoms in total. The van der Waals surface area contributed by atoms with Gasteiger partial charge in [0.2, 0.25) is 0 Å². The summed E-state index contributed by atoms with van der Waals surface area (Å²) in [6.45, 7) is 2.80. The topological polar surface area (TPSA) is 64.8 Å². The Morgan fingerprint density at radius 2 is 1.89 bits per heavy atom. The average Bonchev–Trinajstić information content (AvgIpc) is 3.06. The number of fused-ring (bicyclic) bond motifs is 1. The van der Waals surface area contributed by atoms with Crippen molar-refractivity contribution in [3.8, 4) is 11.5 Å². The van der Waals surface area contributed by atoms with Crippen molar-refractivity contribution in [1.82, 2.24) is 19.8 Å². The lowest BCUT2D eigenvalue weighted by molar-refractivity contribution is -0.146. The molecular formula is C17H18F3N5O2. The Hall–Kier alpha value is -3.04. The highest BCUT2D eigenvalue weighted by atomic mass is 19.4. The molecule has 0 spiro atoms. The summed E-state index contributed by atoms with van der Waals surface area (Å²) >= 11 is 0. The second kappa shape index (κ2) is 7.29. The third-order valence-electron chi connectivity index (χ3n) is 3.84. The van der Waals surface area contributed by atoms with E-state index in [0.717, 1.165) is 5.56 Å². The molecule has 0 N–H and O–H groups in total. The monoisotopic (exact) mass is 381 g/mol. The van der Waals surface area contributed by atoms with Crippen LogP contribution in [0.4, 0.5) is 19.0 Å². The van der Waals surface area contributed by atoms with Gasteiger partial charge in [0.05, 0.1) is 13.7 Å². The van der Waals surface area contributed by atoms with E-state index in [1.807, 2.05) is 19.1 Å². The molecule has 2 heterocycles. The Bertz CT molecular complexity index is 942. The largest absolute Gasteiger partial charge is 0.493 e. The summed E-state index contributed by atoms with van der Waals surface area (Å²) in [5.74, 6) is 0.408. The summed E-state index contributed by atoms with van der Waals surface area (Å²) in [5, 5.41) is 10.7. The zero-order valence-electron chi connectivity index (χ0n) is 15.0. The number of methoxy groups -OCH3 is 1. The molecule has 0 atom stereocenters. The number of benzene rings is 1. The van der Waals surface area contributed by atoms with Crippen LogP contribution in [0.25, 0.3) is 5.65 Å². The zero-order chi connectivity index (χ0) is 19.6. The first-order valence-electron chi connectivity index (χ1n) is 8.14. The van der Waals surface area contributed by atoms with Crippen molar-refractivity contribution in [3.05, 3.63) is 41.7 Å². The van der Waals surface area contributed by atoms with Gasteiger partial charge < -0.3 is 14.4 Å². The number of aromatic nitrogens is 4. The van der Waals surface area contributed by atoms with Crippen molar-refractivity contribution >= 4 is 11.5 Å². The van der Waals surface area contributed by atoms with E-state index in [1.54, 1.807) is 31.2 Å². The Morgan fingerprint density at radius 3 is 2.56 bits per heavy atom. The molecule has 0 amide bonds. The number of rotatable bonds is 6. The maximum Gasteiger partial charge on any atom is 0.453 e. The van der Waals surface area contributed by atoms with E-state index < -0.39 is 12.0 Å². The second-order valence-electron chi connectivity index (χ2n) is 5.76. The van der Waals surface area contributed by atoms with Gasteiger partial charge in [-0.25, -0.2) is 0 Å². The van der Waals surface area contributed by atoms with Crippen molar-refractivity contribution in [1.29, 1.82) is 0 Å². The van der Waals surface area contributed by atoms with Gasteiger partial charge in [-0.3, -0.25) is 0 Å². The normalized spacial score (nSPS) is 11.6. The van der Waals surface area contributed by atoms with Crippen LogP contribution < -0.4 is 14.4 Å². The molecule has 0 fully saturated rings. The molecule has 27 heavy (non-hydrogen) atoms. The number of hydrogen-bond donors (Lipinski definition) is 0. The Kier molecular flexibility index (Phi) is 5.06. The summed E-state index contributed by atoms with van der Waals surface area (Å²) in [4.78, 5) is 1.72. The molecule has 1 aromatic carbocycles. The van der Waals surface area contributed by atoms with E-state index in [1.165, 1.54) is 6.07 Å². The summed E-state index contributed by atoms with van der Waals surface area (Å²) in [6, 6.07) is 8.52. The van der Waals surface area contributed by atoms with Crippen LogP contribution in [0.5, 0.6) is 11.5 Å². The van der Waals surface area contributed by atoms with Crippen molar-refractivity contribution in [2.45, 2.75) is 19.6 Å².